The Bertz CT molecular complexity index is 1310. The molecule has 0 saturated heterocycles. The molecule has 0 fully saturated rings. The summed E-state index contributed by atoms with van der Waals surface area (Å²) in [5.41, 5.74) is 2.86. The fourth-order valence-electron chi connectivity index (χ4n) is 3.82. The number of halogens is 4. The van der Waals surface area contributed by atoms with Crippen LogP contribution in [0.3, 0.4) is 0 Å². The number of rotatable bonds is 5. The zero-order valence-corrected chi connectivity index (χ0v) is 21.9. The first-order valence-electron chi connectivity index (χ1n) is 11.8. The average Bonchev–Trinajstić information content (AvgIpc) is 3.15. The lowest BCUT2D eigenvalue weighted by molar-refractivity contribution is -0.139. The van der Waals surface area contributed by atoms with E-state index in [0.717, 1.165) is 59.7 Å². The van der Waals surface area contributed by atoms with Gasteiger partial charge >= 0.3 is 5.97 Å². The summed E-state index contributed by atoms with van der Waals surface area (Å²) in [6.45, 7) is 4.77. The Hall–Kier alpha value is -3.72. The van der Waals surface area contributed by atoms with Crippen LogP contribution in [0.1, 0.15) is 34.8 Å². The Kier molecular flexibility index (Phi) is 10.0. The maximum absolute atomic E-state index is 13.6. The zero-order chi connectivity index (χ0) is 27.8. The number of hydrogen-bond acceptors (Lipinski definition) is 5. The molecule has 3 aromatic rings. The van der Waals surface area contributed by atoms with Gasteiger partial charge in [-0.3, -0.25) is 9.59 Å². The molecule has 0 aromatic heterocycles. The monoisotopic (exact) mass is 549 g/mol. The second kappa shape index (κ2) is 13.2. The Morgan fingerprint density at radius 2 is 1.68 bits per heavy atom. The molecule has 10 heteroatoms. The SMILES string of the molecule is CCc1cc(F)cc(Cl)c1-c1ccc(C)c2c1OCCCO2.COC(=O)CNC(=O)c1c(F)cccc1F. The molecular weight excluding hydrogens is 523 g/mol. The van der Waals surface area contributed by atoms with E-state index in [1.54, 1.807) is 0 Å². The van der Waals surface area contributed by atoms with Crippen LogP contribution in [0.4, 0.5) is 13.2 Å². The van der Waals surface area contributed by atoms with E-state index >= 15 is 0 Å². The Labute approximate surface area is 223 Å². The lowest BCUT2D eigenvalue weighted by Crippen LogP contribution is -2.31. The van der Waals surface area contributed by atoms with Gasteiger partial charge in [-0.1, -0.05) is 36.7 Å². The van der Waals surface area contributed by atoms with Crippen molar-refractivity contribution in [3.05, 3.63) is 81.6 Å². The highest BCUT2D eigenvalue weighted by Gasteiger charge is 2.22. The lowest BCUT2D eigenvalue weighted by Gasteiger charge is -2.18. The molecule has 0 atom stereocenters. The molecule has 0 spiro atoms. The van der Waals surface area contributed by atoms with E-state index in [-0.39, 0.29) is 5.82 Å². The van der Waals surface area contributed by atoms with Gasteiger partial charge in [-0.15, -0.1) is 0 Å². The van der Waals surface area contributed by atoms with E-state index in [4.69, 9.17) is 21.1 Å². The number of fused-ring (bicyclic) bond motifs is 1. The summed E-state index contributed by atoms with van der Waals surface area (Å²) in [5, 5.41) is 2.44. The maximum Gasteiger partial charge on any atom is 0.325 e. The predicted octanol–water partition coefficient (Wildman–Crippen LogP) is 6.05. The Balaban J connectivity index is 0.000000223. The van der Waals surface area contributed by atoms with Crippen LogP contribution in [-0.4, -0.2) is 38.7 Å². The maximum atomic E-state index is 13.6. The fraction of sp³-hybridized carbons (Fsp3) is 0.286. The van der Waals surface area contributed by atoms with Gasteiger partial charge in [-0.05, 0) is 48.7 Å². The summed E-state index contributed by atoms with van der Waals surface area (Å²) in [5.74, 6) is -2.52. The number of hydrogen-bond donors (Lipinski definition) is 1. The number of amides is 1. The summed E-state index contributed by atoms with van der Waals surface area (Å²) in [6, 6.07) is 9.89. The van der Waals surface area contributed by atoms with Gasteiger partial charge in [0, 0.05) is 17.5 Å². The molecule has 1 N–H and O–H groups in total. The van der Waals surface area contributed by atoms with Crippen molar-refractivity contribution >= 4 is 23.5 Å². The van der Waals surface area contributed by atoms with Crippen LogP contribution in [-0.2, 0) is 16.0 Å². The van der Waals surface area contributed by atoms with E-state index in [1.165, 1.54) is 12.1 Å². The smallest absolute Gasteiger partial charge is 0.325 e. The highest BCUT2D eigenvalue weighted by atomic mass is 35.5. The molecule has 38 heavy (non-hydrogen) atoms. The molecule has 1 aliphatic rings. The first-order valence-corrected chi connectivity index (χ1v) is 12.2. The third kappa shape index (κ3) is 6.77. The number of nitrogens with one attached hydrogen (secondary N) is 1. The summed E-state index contributed by atoms with van der Waals surface area (Å²) in [4.78, 5) is 22.0. The molecule has 3 aromatic carbocycles. The summed E-state index contributed by atoms with van der Waals surface area (Å²) >= 11 is 6.33. The van der Waals surface area contributed by atoms with Gasteiger partial charge in [0.1, 0.15) is 29.6 Å². The molecule has 202 valence electrons. The normalized spacial score (nSPS) is 12.1. The standard InChI is InChI=1S/C18H18ClFO2.C10H9F2NO3/c1-3-12-9-13(20)10-15(19)16(12)14-6-5-11(2)17-18(14)22-8-4-7-21-17;1-16-8(14)5-13-10(15)9-6(11)3-2-4-7(9)12/h5-6,9-10H,3-4,7-8H2,1-2H3;2-4H,5H2,1H3,(H,13,15). The second-order valence-electron chi connectivity index (χ2n) is 8.27. The van der Waals surface area contributed by atoms with Gasteiger partial charge in [-0.2, -0.15) is 0 Å². The molecule has 1 aliphatic heterocycles. The van der Waals surface area contributed by atoms with Crippen molar-refractivity contribution in [2.24, 2.45) is 0 Å². The van der Waals surface area contributed by atoms with Crippen LogP contribution < -0.4 is 14.8 Å². The van der Waals surface area contributed by atoms with Gasteiger partial charge in [0.15, 0.2) is 11.5 Å². The summed E-state index contributed by atoms with van der Waals surface area (Å²) in [6.07, 6.45) is 1.53. The molecule has 4 rings (SSSR count). The van der Waals surface area contributed by atoms with Gasteiger partial charge in [0.05, 0.1) is 25.3 Å². The van der Waals surface area contributed by atoms with E-state index in [1.807, 2.05) is 31.3 Å². The van der Waals surface area contributed by atoms with E-state index in [9.17, 15) is 22.8 Å². The molecule has 1 heterocycles. The predicted molar refractivity (Wildman–Crippen MR) is 137 cm³/mol. The third-order valence-corrected chi connectivity index (χ3v) is 5.99. The quantitative estimate of drug-likeness (QED) is 0.392. The van der Waals surface area contributed by atoms with Crippen LogP contribution in [0.25, 0.3) is 11.1 Å². The van der Waals surface area contributed by atoms with Crippen molar-refractivity contribution in [2.45, 2.75) is 26.7 Å². The van der Waals surface area contributed by atoms with E-state index in [2.05, 4.69) is 4.74 Å². The van der Waals surface area contributed by atoms with Crippen molar-refractivity contribution in [1.82, 2.24) is 5.32 Å². The molecule has 0 bridgehead atoms. The Morgan fingerprint density at radius 1 is 1.03 bits per heavy atom. The van der Waals surface area contributed by atoms with E-state index in [0.29, 0.717) is 30.4 Å². The number of methoxy groups -OCH3 is 1. The van der Waals surface area contributed by atoms with Crippen LogP contribution in [0.5, 0.6) is 11.5 Å². The Morgan fingerprint density at radius 3 is 2.32 bits per heavy atom. The fourth-order valence-corrected chi connectivity index (χ4v) is 4.15. The van der Waals surface area contributed by atoms with Gasteiger partial charge < -0.3 is 19.5 Å². The molecule has 0 aliphatic carbocycles. The molecule has 0 radical (unpaired) electrons. The summed E-state index contributed by atoms with van der Waals surface area (Å²) in [7, 11) is 1.14. The highest BCUT2D eigenvalue weighted by Crippen LogP contribution is 2.45. The number of carbonyl (C=O) groups excluding carboxylic acids is 2. The van der Waals surface area contributed by atoms with Crippen molar-refractivity contribution in [3.63, 3.8) is 0 Å². The average molecular weight is 550 g/mol. The first-order chi connectivity index (χ1) is 18.2. The van der Waals surface area contributed by atoms with Crippen LogP contribution >= 0.6 is 11.6 Å². The molecule has 6 nitrogen and oxygen atoms in total. The van der Waals surface area contributed by atoms with Crippen LogP contribution in [0.2, 0.25) is 5.02 Å². The topological polar surface area (TPSA) is 73.9 Å². The molecule has 0 unspecified atom stereocenters. The van der Waals surface area contributed by atoms with Gasteiger partial charge in [-0.25, -0.2) is 13.2 Å². The van der Waals surface area contributed by atoms with Crippen molar-refractivity contribution in [2.75, 3.05) is 26.9 Å². The third-order valence-electron chi connectivity index (χ3n) is 5.69. The first kappa shape index (κ1) is 28.8. The molecule has 0 saturated carbocycles. The number of carbonyl (C=O) groups is 2. The number of benzene rings is 3. The van der Waals surface area contributed by atoms with Crippen molar-refractivity contribution < 1.29 is 37.0 Å². The number of esters is 1. The second-order valence-corrected chi connectivity index (χ2v) is 8.68. The minimum absolute atomic E-state index is 0.319. The molecule has 1 amide bonds. The number of aryl methyl sites for hydroxylation is 2. The van der Waals surface area contributed by atoms with Crippen LogP contribution in [0, 0.1) is 24.4 Å². The number of ether oxygens (including phenoxy) is 3. The zero-order valence-electron chi connectivity index (χ0n) is 21.1. The van der Waals surface area contributed by atoms with Crippen LogP contribution in [0.15, 0.2) is 42.5 Å². The summed E-state index contributed by atoms with van der Waals surface area (Å²) < 4.78 is 55.8. The van der Waals surface area contributed by atoms with Gasteiger partial charge in [0.2, 0.25) is 0 Å². The minimum Gasteiger partial charge on any atom is -0.489 e. The minimum atomic E-state index is -0.999. The van der Waals surface area contributed by atoms with Gasteiger partial charge in [0.25, 0.3) is 5.91 Å². The van der Waals surface area contributed by atoms with E-state index < -0.39 is 35.6 Å². The van der Waals surface area contributed by atoms with Crippen molar-refractivity contribution in [3.8, 4) is 22.6 Å². The van der Waals surface area contributed by atoms with Crippen molar-refractivity contribution in [1.29, 1.82) is 0 Å². The highest BCUT2D eigenvalue weighted by molar-refractivity contribution is 6.33. The largest absolute Gasteiger partial charge is 0.489 e. The molecular formula is C28H27ClF3NO5. The lowest BCUT2D eigenvalue weighted by atomic mass is 9.95.